The number of carbonyl (C=O) groups excluding carboxylic acids is 1. The van der Waals surface area contributed by atoms with Gasteiger partial charge in [0.2, 0.25) is 5.91 Å². The van der Waals surface area contributed by atoms with E-state index in [4.69, 9.17) is 10.2 Å². The molecule has 0 spiro atoms. The quantitative estimate of drug-likeness (QED) is 0.650. The van der Waals surface area contributed by atoms with Gasteiger partial charge in [-0.1, -0.05) is 12.8 Å². The summed E-state index contributed by atoms with van der Waals surface area (Å²) in [7, 11) is 0. The zero-order chi connectivity index (χ0) is 12.1. The predicted octanol–water partition coefficient (Wildman–Crippen LogP) is 0.374. The first-order valence-electron chi connectivity index (χ1n) is 5.71. The number of hydrogen-bond donors (Lipinski definition) is 3. The minimum absolute atomic E-state index is 0.182. The third-order valence-corrected chi connectivity index (χ3v) is 2.99. The average Bonchev–Trinajstić information content (AvgIpc) is 2.25. The molecule has 3 N–H and O–H groups in total. The van der Waals surface area contributed by atoms with E-state index in [0.717, 1.165) is 12.8 Å². The zero-order valence-electron chi connectivity index (χ0n) is 9.48. The van der Waals surface area contributed by atoms with Gasteiger partial charge in [0.1, 0.15) is 0 Å². The molecule has 16 heavy (non-hydrogen) atoms. The summed E-state index contributed by atoms with van der Waals surface area (Å²) in [4.78, 5) is 22.7. The standard InChI is InChI=1S/C11H19NO4/c1-7(13)6-12-10(14)8-4-2-3-5-9(8)11(15)16/h7-9,13H,2-6H2,1H3,(H,12,14)(H,15,16). The fraction of sp³-hybridized carbons (Fsp3) is 0.818. The molecule has 1 rings (SSSR count). The van der Waals surface area contributed by atoms with Crippen molar-refractivity contribution in [3.05, 3.63) is 0 Å². The maximum Gasteiger partial charge on any atom is 0.307 e. The maximum atomic E-state index is 11.7. The molecule has 5 heteroatoms. The molecule has 0 aromatic heterocycles. The number of aliphatic hydroxyl groups excluding tert-OH is 1. The Labute approximate surface area is 94.8 Å². The molecule has 1 aliphatic carbocycles. The Morgan fingerprint density at radius 3 is 2.38 bits per heavy atom. The van der Waals surface area contributed by atoms with E-state index in [1.165, 1.54) is 0 Å². The van der Waals surface area contributed by atoms with Crippen LogP contribution in [-0.4, -0.2) is 34.7 Å². The van der Waals surface area contributed by atoms with Crippen molar-refractivity contribution in [1.29, 1.82) is 0 Å². The van der Waals surface area contributed by atoms with E-state index in [1.54, 1.807) is 6.92 Å². The van der Waals surface area contributed by atoms with Crippen molar-refractivity contribution in [2.75, 3.05) is 6.54 Å². The molecule has 0 aromatic rings. The van der Waals surface area contributed by atoms with Gasteiger partial charge in [-0.05, 0) is 19.8 Å². The molecular weight excluding hydrogens is 210 g/mol. The van der Waals surface area contributed by atoms with E-state index in [9.17, 15) is 9.59 Å². The fourth-order valence-electron chi connectivity index (χ4n) is 2.12. The summed E-state index contributed by atoms with van der Waals surface area (Å²) in [5.41, 5.74) is 0. The van der Waals surface area contributed by atoms with Gasteiger partial charge in [-0.25, -0.2) is 0 Å². The summed E-state index contributed by atoms with van der Waals surface area (Å²) in [6, 6.07) is 0. The van der Waals surface area contributed by atoms with E-state index < -0.39 is 23.9 Å². The Hall–Kier alpha value is -1.10. The number of rotatable bonds is 4. The minimum Gasteiger partial charge on any atom is -0.481 e. The lowest BCUT2D eigenvalue weighted by molar-refractivity contribution is -0.149. The van der Waals surface area contributed by atoms with Crippen LogP contribution < -0.4 is 5.32 Å². The van der Waals surface area contributed by atoms with Crippen LogP contribution in [0, 0.1) is 11.8 Å². The first-order chi connectivity index (χ1) is 7.52. The summed E-state index contributed by atoms with van der Waals surface area (Å²) in [6.45, 7) is 1.76. The van der Waals surface area contributed by atoms with Crippen molar-refractivity contribution in [1.82, 2.24) is 5.32 Å². The molecule has 3 unspecified atom stereocenters. The summed E-state index contributed by atoms with van der Waals surface area (Å²) in [5.74, 6) is -2.14. The van der Waals surface area contributed by atoms with Gasteiger partial charge in [-0.3, -0.25) is 9.59 Å². The van der Waals surface area contributed by atoms with Crippen LogP contribution in [-0.2, 0) is 9.59 Å². The number of nitrogens with one attached hydrogen (secondary N) is 1. The second-order valence-corrected chi connectivity index (χ2v) is 4.43. The van der Waals surface area contributed by atoms with E-state index in [2.05, 4.69) is 5.32 Å². The van der Waals surface area contributed by atoms with Gasteiger partial charge in [-0.15, -0.1) is 0 Å². The summed E-state index contributed by atoms with van der Waals surface area (Å²) in [5, 5.41) is 20.6. The van der Waals surface area contributed by atoms with Crippen molar-refractivity contribution in [3.8, 4) is 0 Å². The second-order valence-electron chi connectivity index (χ2n) is 4.43. The van der Waals surface area contributed by atoms with Crippen molar-refractivity contribution in [2.45, 2.75) is 38.7 Å². The number of hydrogen-bond acceptors (Lipinski definition) is 3. The van der Waals surface area contributed by atoms with Crippen molar-refractivity contribution in [2.24, 2.45) is 11.8 Å². The monoisotopic (exact) mass is 229 g/mol. The number of aliphatic carboxylic acids is 1. The summed E-state index contributed by atoms with van der Waals surface area (Å²) < 4.78 is 0. The van der Waals surface area contributed by atoms with Crippen molar-refractivity contribution < 1.29 is 19.8 Å². The molecule has 1 amide bonds. The molecular formula is C11H19NO4. The van der Waals surface area contributed by atoms with Crippen LogP contribution >= 0.6 is 0 Å². The average molecular weight is 229 g/mol. The van der Waals surface area contributed by atoms with Crippen LogP contribution in [0.4, 0.5) is 0 Å². The first-order valence-corrected chi connectivity index (χ1v) is 5.71. The van der Waals surface area contributed by atoms with Crippen LogP contribution in [0.2, 0.25) is 0 Å². The van der Waals surface area contributed by atoms with Gasteiger partial charge in [0.15, 0.2) is 0 Å². The van der Waals surface area contributed by atoms with Crippen molar-refractivity contribution in [3.63, 3.8) is 0 Å². The molecule has 0 bridgehead atoms. The van der Waals surface area contributed by atoms with Crippen LogP contribution in [0.15, 0.2) is 0 Å². The number of carboxylic acids is 1. The minimum atomic E-state index is -0.892. The number of aliphatic hydroxyl groups is 1. The third kappa shape index (κ3) is 3.48. The normalized spacial score (nSPS) is 27.1. The van der Waals surface area contributed by atoms with Crippen LogP contribution in [0.25, 0.3) is 0 Å². The highest BCUT2D eigenvalue weighted by Gasteiger charge is 2.35. The number of amides is 1. The lowest BCUT2D eigenvalue weighted by atomic mass is 9.78. The van der Waals surface area contributed by atoms with Gasteiger partial charge in [0, 0.05) is 6.54 Å². The lowest BCUT2D eigenvalue weighted by Crippen LogP contribution is -2.41. The van der Waals surface area contributed by atoms with E-state index in [0.29, 0.717) is 12.8 Å². The van der Waals surface area contributed by atoms with E-state index in [-0.39, 0.29) is 12.5 Å². The molecule has 0 aliphatic heterocycles. The van der Waals surface area contributed by atoms with Gasteiger partial charge in [-0.2, -0.15) is 0 Å². The molecule has 3 atom stereocenters. The zero-order valence-corrected chi connectivity index (χ0v) is 9.48. The molecule has 0 radical (unpaired) electrons. The van der Waals surface area contributed by atoms with Crippen LogP contribution in [0.3, 0.4) is 0 Å². The largest absolute Gasteiger partial charge is 0.481 e. The molecule has 92 valence electrons. The Balaban J connectivity index is 2.54. The molecule has 1 fully saturated rings. The Bertz CT molecular complexity index is 265. The van der Waals surface area contributed by atoms with E-state index in [1.807, 2.05) is 0 Å². The Kier molecular flexibility index (Phi) is 4.73. The highest BCUT2D eigenvalue weighted by Crippen LogP contribution is 2.30. The Morgan fingerprint density at radius 1 is 1.31 bits per heavy atom. The Morgan fingerprint density at radius 2 is 1.88 bits per heavy atom. The van der Waals surface area contributed by atoms with Gasteiger partial charge in [0.05, 0.1) is 17.9 Å². The van der Waals surface area contributed by atoms with Gasteiger partial charge >= 0.3 is 5.97 Å². The molecule has 1 saturated carbocycles. The molecule has 1 aliphatic rings. The summed E-state index contributed by atoms with van der Waals surface area (Å²) in [6.07, 6.45) is 2.37. The highest BCUT2D eigenvalue weighted by molar-refractivity contribution is 5.84. The molecule has 0 heterocycles. The predicted molar refractivity (Wildman–Crippen MR) is 57.8 cm³/mol. The van der Waals surface area contributed by atoms with Crippen LogP contribution in [0.1, 0.15) is 32.6 Å². The molecule has 0 saturated heterocycles. The fourth-order valence-corrected chi connectivity index (χ4v) is 2.12. The van der Waals surface area contributed by atoms with Gasteiger partial charge in [0.25, 0.3) is 0 Å². The SMILES string of the molecule is CC(O)CNC(=O)C1CCCCC1C(=O)O. The van der Waals surface area contributed by atoms with Crippen LogP contribution in [0.5, 0.6) is 0 Å². The lowest BCUT2D eigenvalue weighted by Gasteiger charge is -2.27. The molecule has 0 aromatic carbocycles. The smallest absolute Gasteiger partial charge is 0.307 e. The topological polar surface area (TPSA) is 86.6 Å². The second kappa shape index (κ2) is 5.84. The molecule has 5 nitrogen and oxygen atoms in total. The van der Waals surface area contributed by atoms with E-state index >= 15 is 0 Å². The maximum absolute atomic E-state index is 11.7. The number of carbonyl (C=O) groups is 2. The van der Waals surface area contributed by atoms with Gasteiger partial charge < -0.3 is 15.5 Å². The third-order valence-electron chi connectivity index (χ3n) is 2.99. The van der Waals surface area contributed by atoms with Crippen molar-refractivity contribution >= 4 is 11.9 Å². The number of carboxylic acid groups (broad SMARTS) is 1. The highest BCUT2D eigenvalue weighted by atomic mass is 16.4. The summed E-state index contributed by atoms with van der Waals surface area (Å²) >= 11 is 0. The first kappa shape index (κ1) is 13.0.